The predicted octanol–water partition coefficient (Wildman–Crippen LogP) is 3.61. The lowest BCUT2D eigenvalue weighted by Gasteiger charge is -2.25. The summed E-state index contributed by atoms with van der Waals surface area (Å²) in [5, 5.41) is 0. The molecule has 25 heavy (non-hydrogen) atoms. The first-order valence-corrected chi connectivity index (χ1v) is 8.38. The molecule has 4 heteroatoms. The van der Waals surface area contributed by atoms with Crippen LogP contribution in [-0.2, 0) is 26.3 Å². The van der Waals surface area contributed by atoms with Gasteiger partial charge in [-0.2, -0.15) is 0 Å². The van der Waals surface area contributed by atoms with Crippen LogP contribution >= 0.6 is 0 Å². The Morgan fingerprint density at radius 1 is 1.16 bits per heavy atom. The van der Waals surface area contributed by atoms with Gasteiger partial charge < -0.3 is 9.64 Å². The van der Waals surface area contributed by atoms with Gasteiger partial charge in [0.15, 0.2) is 5.41 Å². The zero-order valence-electron chi connectivity index (χ0n) is 14.3. The molecule has 0 fully saturated rings. The maximum Gasteiger partial charge on any atom is 0.326 e. The molecule has 1 atom stereocenters. The van der Waals surface area contributed by atoms with Crippen LogP contribution in [0.2, 0.25) is 0 Å². The molecule has 1 amide bonds. The molecule has 128 valence electrons. The van der Waals surface area contributed by atoms with Gasteiger partial charge in [-0.25, -0.2) is 0 Å². The van der Waals surface area contributed by atoms with Gasteiger partial charge in [0, 0.05) is 11.3 Å². The van der Waals surface area contributed by atoms with Crippen molar-refractivity contribution in [2.24, 2.45) is 0 Å². The van der Waals surface area contributed by atoms with Gasteiger partial charge in [0.2, 0.25) is 5.91 Å². The third-order valence-corrected chi connectivity index (χ3v) is 4.52. The molecule has 2 aromatic rings. The summed E-state index contributed by atoms with van der Waals surface area (Å²) in [6, 6.07) is 17.2. The smallest absolute Gasteiger partial charge is 0.326 e. The topological polar surface area (TPSA) is 46.6 Å². The van der Waals surface area contributed by atoms with E-state index >= 15 is 0 Å². The van der Waals surface area contributed by atoms with E-state index in [1.54, 1.807) is 17.9 Å². The average molecular weight is 335 g/mol. The van der Waals surface area contributed by atoms with Gasteiger partial charge in [-0.15, -0.1) is 6.58 Å². The highest BCUT2D eigenvalue weighted by Crippen LogP contribution is 2.45. The third kappa shape index (κ3) is 2.74. The van der Waals surface area contributed by atoms with Crippen molar-refractivity contribution >= 4 is 17.6 Å². The largest absolute Gasteiger partial charge is 0.465 e. The van der Waals surface area contributed by atoms with E-state index in [-0.39, 0.29) is 18.9 Å². The lowest BCUT2D eigenvalue weighted by atomic mass is 9.78. The SMILES string of the molecule is C=CCC1(C(=O)OCC)C(=O)N(Cc2ccccc2)c2ccccc21. The van der Waals surface area contributed by atoms with Crippen LogP contribution in [0.25, 0.3) is 0 Å². The number of hydrogen-bond acceptors (Lipinski definition) is 3. The Labute approximate surface area is 147 Å². The minimum atomic E-state index is -1.34. The maximum absolute atomic E-state index is 13.4. The van der Waals surface area contributed by atoms with Crippen LogP contribution in [0.5, 0.6) is 0 Å². The van der Waals surface area contributed by atoms with Gasteiger partial charge in [0.1, 0.15) is 0 Å². The second kappa shape index (κ2) is 6.93. The molecule has 0 aromatic heterocycles. The number of para-hydroxylation sites is 1. The van der Waals surface area contributed by atoms with Gasteiger partial charge in [0.05, 0.1) is 13.2 Å². The summed E-state index contributed by atoms with van der Waals surface area (Å²) in [6.07, 6.45) is 1.82. The summed E-state index contributed by atoms with van der Waals surface area (Å²) in [5.41, 5.74) is 1.10. The van der Waals surface area contributed by atoms with E-state index in [1.165, 1.54) is 0 Å². The Morgan fingerprint density at radius 2 is 1.84 bits per heavy atom. The molecule has 0 radical (unpaired) electrons. The Hall–Kier alpha value is -2.88. The number of amides is 1. The molecule has 1 unspecified atom stereocenters. The fraction of sp³-hybridized carbons (Fsp3) is 0.238. The summed E-state index contributed by atoms with van der Waals surface area (Å²) in [4.78, 5) is 27.9. The second-order valence-electron chi connectivity index (χ2n) is 6.01. The van der Waals surface area contributed by atoms with E-state index < -0.39 is 11.4 Å². The number of rotatable bonds is 6. The zero-order chi connectivity index (χ0) is 17.9. The highest BCUT2D eigenvalue weighted by molar-refractivity contribution is 6.20. The molecule has 0 aliphatic carbocycles. The Morgan fingerprint density at radius 3 is 2.52 bits per heavy atom. The van der Waals surface area contributed by atoms with Crippen LogP contribution in [0.15, 0.2) is 67.3 Å². The molecule has 1 aliphatic rings. The highest BCUT2D eigenvalue weighted by Gasteiger charge is 2.56. The van der Waals surface area contributed by atoms with E-state index in [2.05, 4.69) is 6.58 Å². The monoisotopic (exact) mass is 335 g/mol. The molecule has 1 aliphatic heterocycles. The lowest BCUT2D eigenvalue weighted by Crippen LogP contribution is -2.46. The zero-order valence-corrected chi connectivity index (χ0v) is 14.3. The molecule has 0 saturated heterocycles. The summed E-state index contributed by atoms with van der Waals surface area (Å²) >= 11 is 0. The van der Waals surface area contributed by atoms with Crippen LogP contribution in [0.3, 0.4) is 0 Å². The van der Waals surface area contributed by atoms with E-state index in [0.29, 0.717) is 12.1 Å². The van der Waals surface area contributed by atoms with Crippen molar-refractivity contribution in [3.05, 3.63) is 78.4 Å². The van der Waals surface area contributed by atoms with Crippen molar-refractivity contribution in [3.8, 4) is 0 Å². The third-order valence-electron chi connectivity index (χ3n) is 4.52. The number of allylic oxidation sites excluding steroid dienone is 1. The van der Waals surface area contributed by atoms with E-state index in [4.69, 9.17) is 4.74 Å². The van der Waals surface area contributed by atoms with Gasteiger partial charge in [-0.1, -0.05) is 54.6 Å². The van der Waals surface area contributed by atoms with Crippen LogP contribution in [0, 0.1) is 0 Å². The number of anilines is 1. The number of carbonyl (C=O) groups excluding carboxylic acids is 2. The molecule has 4 nitrogen and oxygen atoms in total. The summed E-state index contributed by atoms with van der Waals surface area (Å²) in [5.74, 6) is -0.765. The van der Waals surface area contributed by atoms with Crippen molar-refractivity contribution in [1.29, 1.82) is 0 Å². The van der Waals surface area contributed by atoms with Gasteiger partial charge >= 0.3 is 5.97 Å². The van der Waals surface area contributed by atoms with Crippen LogP contribution < -0.4 is 4.90 Å². The van der Waals surface area contributed by atoms with Crippen molar-refractivity contribution in [2.75, 3.05) is 11.5 Å². The second-order valence-corrected chi connectivity index (χ2v) is 6.01. The minimum Gasteiger partial charge on any atom is -0.465 e. The lowest BCUT2D eigenvalue weighted by molar-refractivity contribution is -0.153. The molecule has 2 aromatic carbocycles. The van der Waals surface area contributed by atoms with Crippen molar-refractivity contribution in [1.82, 2.24) is 0 Å². The maximum atomic E-state index is 13.4. The molecule has 3 rings (SSSR count). The predicted molar refractivity (Wildman–Crippen MR) is 97.2 cm³/mol. The van der Waals surface area contributed by atoms with E-state index in [0.717, 1.165) is 11.3 Å². The summed E-state index contributed by atoms with van der Waals surface area (Å²) in [6.45, 7) is 6.13. The molecule has 0 N–H and O–H groups in total. The van der Waals surface area contributed by atoms with Gasteiger partial charge in [0.25, 0.3) is 0 Å². The quantitative estimate of drug-likeness (QED) is 0.460. The summed E-state index contributed by atoms with van der Waals surface area (Å²) < 4.78 is 5.27. The number of carbonyl (C=O) groups is 2. The first kappa shape index (κ1) is 17.0. The van der Waals surface area contributed by atoms with E-state index in [9.17, 15) is 9.59 Å². The first-order chi connectivity index (χ1) is 12.1. The Bertz CT molecular complexity index is 800. The van der Waals surface area contributed by atoms with Crippen molar-refractivity contribution in [3.63, 3.8) is 0 Å². The standard InChI is InChI=1S/C21H21NO3/c1-3-14-21(20(24)25-4-2)17-12-8-9-13-18(17)22(19(21)23)15-16-10-6-5-7-11-16/h3,5-13H,1,4,14-15H2,2H3. The first-order valence-electron chi connectivity index (χ1n) is 8.38. The van der Waals surface area contributed by atoms with Crippen molar-refractivity contribution in [2.45, 2.75) is 25.3 Å². The Kier molecular flexibility index (Phi) is 4.70. The number of hydrogen-bond donors (Lipinski definition) is 0. The van der Waals surface area contributed by atoms with Crippen LogP contribution in [0.4, 0.5) is 5.69 Å². The molecular weight excluding hydrogens is 314 g/mol. The number of fused-ring (bicyclic) bond motifs is 1. The molecular formula is C21H21NO3. The fourth-order valence-electron chi connectivity index (χ4n) is 3.40. The number of nitrogens with zero attached hydrogens (tertiary/aromatic N) is 1. The van der Waals surface area contributed by atoms with E-state index in [1.807, 2.05) is 54.6 Å². The normalized spacial score (nSPS) is 18.8. The number of benzene rings is 2. The average Bonchev–Trinajstić information content (AvgIpc) is 2.87. The minimum absolute atomic E-state index is 0.215. The molecule has 0 bridgehead atoms. The summed E-state index contributed by atoms with van der Waals surface area (Å²) in [7, 11) is 0. The van der Waals surface area contributed by atoms with Crippen molar-refractivity contribution < 1.29 is 14.3 Å². The molecule has 0 saturated carbocycles. The fourth-order valence-corrected chi connectivity index (χ4v) is 3.40. The number of ether oxygens (including phenoxy) is 1. The van der Waals surface area contributed by atoms with Gasteiger partial charge in [-0.05, 0) is 25.0 Å². The highest BCUT2D eigenvalue weighted by atomic mass is 16.5. The van der Waals surface area contributed by atoms with Crippen LogP contribution in [-0.4, -0.2) is 18.5 Å². The molecule has 0 spiro atoms. The van der Waals surface area contributed by atoms with Crippen LogP contribution in [0.1, 0.15) is 24.5 Å². The molecule has 1 heterocycles. The number of esters is 1. The Balaban J connectivity index is 2.10. The van der Waals surface area contributed by atoms with Gasteiger partial charge in [-0.3, -0.25) is 9.59 Å².